The van der Waals surface area contributed by atoms with E-state index < -0.39 is 12.0 Å². The van der Waals surface area contributed by atoms with Gasteiger partial charge in [-0.2, -0.15) is 0 Å². The maximum atomic E-state index is 12.0. The number of carboxylic acids is 1. The minimum Gasteiger partial charge on any atom is -0.480 e. The third-order valence-corrected chi connectivity index (χ3v) is 4.10. The lowest BCUT2D eigenvalue weighted by molar-refractivity contribution is -0.142. The monoisotopic (exact) mass is 284 g/mol. The molecule has 2 unspecified atom stereocenters. The highest BCUT2D eigenvalue weighted by atomic mass is 32.1. The molecule has 0 spiro atoms. The third-order valence-electron chi connectivity index (χ3n) is 3.17. The van der Waals surface area contributed by atoms with Crippen molar-refractivity contribution in [1.29, 1.82) is 0 Å². The number of carboxylic acid groups (broad SMARTS) is 1. The van der Waals surface area contributed by atoms with Crippen LogP contribution in [0.3, 0.4) is 0 Å². The number of thiazole rings is 1. The Bertz CT molecular complexity index is 468. The summed E-state index contributed by atoms with van der Waals surface area (Å²) in [5, 5.41) is 11.8. The Balaban J connectivity index is 2.06. The molecule has 19 heavy (non-hydrogen) atoms. The zero-order valence-corrected chi connectivity index (χ0v) is 11.4. The van der Waals surface area contributed by atoms with Gasteiger partial charge in [-0.1, -0.05) is 0 Å². The Hall–Kier alpha value is -1.47. The van der Waals surface area contributed by atoms with E-state index in [4.69, 9.17) is 4.74 Å². The smallest absolute Gasteiger partial charge is 0.326 e. The van der Waals surface area contributed by atoms with Crippen molar-refractivity contribution in [1.82, 2.24) is 10.3 Å². The van der Waals surface area contributed by atoms with E-state index in [9.17, 15) is 14.7 Å². The largest absolute Gasteiger partial charge is 0.480 e. The molecule has 2 N–H and O–H groups in total. The first-order valence-corrected chi connectivity index (χ1v) is 6.99. The number of ether oxygens (including phenoxy) is 1. The van der Waals surface area contributed by atoms with E-state index in [-0.39, 0.29) is 11.8 Å². The van der Waals surface area contributed by atoms with Gasteiger partial charge in [-0.15, -0.1) is 11.3 Å². The van der Waals surface area contributed by atoms with Crippen molar-refractivity contribution in [2.45, 2.75) is 25.8 Å². The van der Waals surface area contributed by atoms with Gasteiger partial charge >= 0.3 is 5.97 Å². The van der Waals surface area contributed by atoms with Crippen LogP contribution in [0, 0.1) is 12.8 Å². The summed E-state index contributed by atoms with van der Waals surface area (Å²) in [6.45, 7) is 2.76. The molecule has 104 valence electrons. The van der Waals surface area contributed by atoms with Gasteiger partial charge in [0.25, 0.3) is 5.91 Å². The highest BCUT2D eigenvalue weighted by Gasteiger charge is 2.32. The minimum atomic E-state index is -1.02. The third kappa shape index (κ3) is 3.30. The molecular weight excluding hydrogens is 268 g/mol. The van der Waals surface area contributed by atoms with Crippen molar-refractivity contribution >= 4 is 23.2 Å². The van der Waals surface area contributed by atoms with E-state index >= 15 is 0 Å². The molecule has 2 atom stereocenters. The maximum absolute atomic E-state index is 12.0. The van der Waals surface area contributed by atoms with Crippen LogP contribution in [-0.2, 0) is 9.53 Å². The summed E-state index contributed by atoms with van der Waals surface area (Å²) in [6, 6.07) is -0.908. The Kier molecular flexibility index (Phi) is 4.49. The maximum Gasteiger partial charge on any atom is 0.326 e. The van der Waals surface area contributed by atoms with Gasteiger partial charge in [-0.25, -0.2) is 9.78 Å². The van der Waals surface area contributed by atoms with Gasteiger partial charge in [-0.05, 0) is 19.8 Å². The second-order valence-corrected chi connectivity index (χ2v) is 5.39. The zero-order valence-electron chi connectivity index (χ0n) is 10.6. The number of nitrogens with zero attached hydrogens (tertiary/aromatic N) is 1. The molecule has 1 aliphatic rings. The average Bonchev–Trinajstić information content (AvgIpc) is 2.82. The van der Waals surface area contributed by atoms with E-state index in [1.807, 2.05) is 0 Å². The van der Waals surface area contributed by atoms with E-state index in [1.165, 1.54) is 11.3 Å². The second-order valence-electron chi connectivity index (χ2n) is 4.53. The Morgan fingerprint density at radius 3 is 2.95 bits per heavy atom. The summed E-state index contributed by atoms with van der Waals surface area (Å²) in [5.41, 5.74) is 2.19. The van der Waals surface area contributed by atoms with Crippen LogP contribution in [0.1, 0.15) is 28.2 Å². The van der Waals surface area contributed by atoms with Crippen LogP contribution >= 0.6 is 11.3 Å². The minimum absolute atomic E-state index is 0.177. The van der Waals surface area contributed by atoms with Crippen LogP contribution in [0.5, 0.6) is 0 Å². The van der Waals surface area contributed by atoms with Crippen molar-refractivity contribution in [3.63, 3.8) is 0 Å². The lowest BCUT2D eigenvalue weighted by Crippen LogP contribution is -2.48. The molecule has 0 aliphatic carbocycles. The van der Waals surface area contributed by atoms with Crippen molar-refractivity contribution in [3.8, 4) is 0 Å². The van der Waals surface area contributed by atoms with Gasteiger partial charge in [0.05, 0.1) is 17.8 Å². The number of carbonyl (C=O) groups is 2. The standard InChI is InChI=1S/C12H16N2O4S/c1-7-10(19-6-13-7)11(15)14-9(12(16)17)8-3-2-4-18-5-8/h6,8-9H,2-5H2,1H3,(H,14,15)(H,16,17). The Labute approximate surface area is 114 Å². The molecule has 1 saturated heterocycles. The summed E-state index contributed by atoms with van der Waals surface area (Å²) in [5.74, 6) is -1.58. The first-order chi connectivity index (χ1) is 9.09. The number of carbonyl (C=O) groups excluding carboxylic acids is 1. The summed E-state index contributed by atoms with van der Waals surface area (Å²) in [4.78, 5) is 27.8. The first kappa shape index (κ1) is 14.0. The number of hydrogen-bond acceptors (Lipinski definition) is 5. The molecule has 1 amide bonds. The molecular formula is C12H16N2O4S. The van der Waals surface area contributed by atoms with Crippen LogP contribution in [0.2, 0.25) is 0 Å². The number of hydrogen-bond donors (Lipinski definition) is 2. The number of aromatic nitrogens is 1. The molecule has 7 heteroatoms. The van der Waals surface area contributed by atoms with Crippen molar-refractivity contribution in [2.24, 2.45) is 5.92 Å². The molecule has 1 fully saturated rings. The quantitative estimate of drug-likeness (QED) is 0.863. The van der Waals surface area contributed by atoms with Gasteiger partial charge in [0.2, 0.25) is 0 Å². The fourth-order valence-electron chi connectivity index (χ4n) is 2.14. The van der Waals surface area contributed by atoms with Gasteiger partial charge in [-0.3, -0.25) is 4.79 Å². The summed E-state index contributed by atoms with van der Waals surface area (Å²) in [7, 11) is 0. The molecule has 0 radical (unpaired) electrons. The highest BCUT2D eigenvalue weighted by molar-refractivity contribution is 7.11. The zero-order chi connectivity index (χ0) is 13.8. The predicted molar refractivity (Wildman–Crippen MR) is 69.3 cm³/mol. The molecule has 1 aromatic heterocycles. The van der Waals surface area contributed by atoms with Gasteiger partial charge in [0, 0.05) is 12.5 Å². The molecule has 2 rings (SSSR count). The topological polar surface area (TPSA) is 88.5 Å². The summed E-state index contributed by atoms with van der Waals surface area (Å²) < 4.78 is 5.28. The normalized spacial score (nSPS) is 20.8. The van der Waals surface area contributed by atoms with E-state index in [2.05, 4.69) is 10.3 Å². The fraction of sp³-hybridized carbons (Fsp3) is 0.583. The lowest BCUT2D eigenvalue weighted by Gasteiger charge is -2.27. The van der Waals surface area contributed by atoms with Gasteiger partial charge in [0.15, 0.2) is 0 Å². The van der Waals surface area contributed by atoms with Gasteiger partial charge in [0.1, 0.15) is 10.9 Å². The molecule has 2 heterocycles. The van der Waals surface area contributed by atoms with E-state index in [1.54, 1.807) is 12.4 Å². The fourth-order valence-corrected chi connectivity index (χ4v) is 2.84. The van der Waals surface area contributed by atoms with Crippen LogP contribution in [-0.4, -0.2) is 41.2 Å². The molecule has 0 aromatic carbocycles. The van der Waals surface area contributed by atoms with Gasteiger partial charge < -0.3 is 15.2 Å². The Morgan fingerprint density at radius 1 is 1.63 bits per heavy atom. The van der Waals surface area contributed by atoms with Crippen molar-refractivity contribution in [3.05, 3.63) is 16.1 Å². The van der Waals surface area contributed by atoms with E-state index in [0.717, 1.165) is 12.8 Å². The van der Waals surface area contributed by atoms with Crippen LogP contribution in [0.15, 0.2) is 5.51 Å². The molecule has 0 saturated carbocycles. The lowest BCUT2D eigenvalue weighted by atomic mass is 9.93. The number of amides is 1. The average molecular weight is 284 g/mol. The Morgan fingerprint density at radius 2 is 2.42 bits per heavy atom. The van der Waals surface area contributed by atoms with Crippen LogP contribution in [0.4, 0.5) is 0 Å². The van der Waals surface area contributed by atoms with Crippen molar-refractivity contribution in [2.75, 3.05) is 13.2 Å². The van der Waals surface area contributed by atoms with E-state index in [0.29, 0.717) is 23.8 Å². The molecule has 1 aliphatic heterocycles. The first-order valence-electron chi connectivity index (χ1n) is 6.11. The number of aliphatic carboxylic acids is 1. The number of aryl methyl sites for hydroxylation is 1. The van der Waals surface area contributed by atoms with Crippen LogP contribution < -0.4 is 5.32 Å². The summed E-state index contributed by atoms with van der Waals surface area (Å²) >= 11 is 1.21. The molecule has 1 aromatic rings. The summed E-state index contributed by atoms with van der Waals surface area (Å²) in [6.07, 6.45) is 1.57. The van der Waals surface area contributed by atoms with Crippen molar-refractivity contribution < 1.29 is 19.4 Å². The second kappa shape index (κ2) is 6.12. The highest BCUT2D eigenvalue weighted by Crippen LogP contribution is 2.19. The van der Waals surface area contributed by atoms with Crippen LogP contribution in [0.25, 0.3) is 0 Å². The SMILES string of the molecule is Cc1ncsc1C(=O)NC(C(=O)O)C1CCCOC1. The molecule has 0 bridgehead atoms. The predicted octanol–water partition coefficient (Wildman–Crippen LogP) is 1.06. The molecule has 6 nitrogen and oxygen atoms in total. The number of nitrogens with one attached hydrogen (secondary N) is 1. The number of rotatable bonds is 4.